The summed E-state index contributed by atoms with van der Waals surface area (Å²) < 4.78 is 10.9. The molecule has 0 saturated heterocycles. The molecule has 2 aliphatic rings. The first kappa shape index (κ1) is 14.5. The Morgan fingerprint density at radius 1 is 1.19 bits per heavy atom. The summed E-state index contributed by atoms with van der Waals surface area (Å²) in [6.45, 7) is 6.83. The van der Waals surface area contributed by atoms with E-state index < -0.39 is 0 Å². The Morgan fingerprint density at radius 3 is 2.57 bits per heavy atom. The largest absolute Gasteiger partial charge is 0.493 e. The minimum absolute atomic E-state index is 0.504. The molecule has 0 saturated carbocycles. The monoisotopic (exact) mass is 287 g/mol. The van der Waals surface area contributed by atoms with Crippen molar-refractivity contribution in [2.75, 3.05) is 27.3 Å². The second-order valence-electron chi connectivity index (χ2n) is 6.08. The molecule has 0 N–H and O–H groups in total. The molecular weight excluding hydrogens is 262 g/mol. The molecule has 0 unspecified atom stereocenters. The molecule has 0 bridgehead atoms. The fourth-order valence-electron chi connectivity index (χ4n) is 3.74. The van der Waals surface area contributed by atoms with Crippen LogP contribution in [-0.2, 0) is 6.42 Å². The molecule has 0 aliphatic carbocycles. The average molecular weight is 287 g/mol. The van der Waals surface area contributed by atoms with Gasteiger partial charge >= 0.3 is 0 Å². The predicted octanol–water partition coefficient (Wildman–Crippen LogP) is 3.73. The summed E-state index contributed by atoms with van der Waals surface area (Å²) in [5.74, 6) is 1.70. The van der Waals surface area contributed by atoms with Crippen LogP contribution in [0.3, 0.4) is 0 Å². The van der Waals surface area contributed by atoms with E-state index in [2.05, 4.69) is 30.9 Å². The van der Waals surface area contributed by atoms with Gasteiger partial charge in [-0.3, -0.25) is 4.90 Å². The number of hydrogen-bond donors (Lipinski definition) is 0. The minimum Gasteiger partial charge on any atom is -0.493 e. The van der Waals surface area contributed by atoms with Crippen molar-refractivity contribution in [1.82, 2.24) is 4.90 Å². The number of ether oxygens (including phenoxy) is 2. The highest BCUT2D eigenvalue weighted by atomic mass is 16.5. The Hall–Kier alpha value is -1.48. The lowest BCUT2D eigenvalue weighted by atomic mass is 9.84. The van der Waals surface area contributed by atoms with Gasteiger partial charge in [0, 0.05) is 19.1 Å². The maximum Gasteiger partial charge on any atom is 0.161 e. The third-order valence-corrected chi connectivity index (χ3v) is 5.04. The molecule has 0 spiro atoms. The molecule has 0 aromatic heterocycles. The highest BCUT2D eigenvalue weighted by molar-refractivity contribution is 5.50. The smallest absolute Gasteiger partial charge is 0.161 e. The van der Waals surface area contributed by atoms with Crippen molar-refractivity contribution in [3.63, 3.8) is 0 Å². The summed E-state index contributed by atoms with van der Waals surface area (Å²) in [7, 11) is 3.42. The van der Waals surface area contributed by atoms with Crippen molar-refractivity contribution < 1.29 is 9.47 Å². The third-order valence-electron chi connectivity index (χ3n) is 5.04. The molecule has 3 nitrogen and oxygen atoms in total. The molecule has 3 rings (SSSR count). The minimum atomic E-state index is 0.504. The van der Waals surface area contributed by atoms with E-state index in [1.165, 1.54) is 17.5 Å². The van der Waals surface area contributed by atoms with Crippen LogP contribution in [0.1, 0.15) is 43.9 Å². The SMILES string of the molecule is CCC1=C(C)C[C@H]2c3cc(OC)c(OC)cc3CCN2C1. The van der Waals surface area contributed by atoms with Gasteiger partial charge in [-0.2, -0.15) is 0 Å². The zero-order valence-electron chi connectivity index (χ0n) is 13.5. The van der Waals surface area contributed by atoms with Gasteiger partial charge in [-0.25, -0.2) is 0 Å². The molecule has 1 aromatic rings. The van der Waals surface area contributed by atoms with E-state index in [4.69, 9.17) is 9.47 Å². The predicted molar refractivity (Wildman–Crippen MR) is 85.2 cm³/mol. The van der Waals surface area contributed by atoms with Crippen molar-refractivity contribution in [1.29, 1.82) is 0 Å². The molecule has 3 heteroatoms. The second kappa shape index (κ2) is 5.72. The van der Waals surface area contributed by atoms with Crippen LogP contribution in [0.25, 0.3) is 0 Å². The van der Waals surface area contributed by atoms with Crippen LogP contribution >= 0.6 is 0 Å². The molecule has 0 fully saturated rings. The first-order valence-corrected chi connectivity index (χ1v) is 7.84. The van der Waals surface area contributed by atoms with Gasteiger partial charge in [0.15, 0.2) is 11.5 Å². The lowest BCUT2D eigenvalue weighted by Gasteiger charge is -2.42. The van der Waals surface area contributed by atoms with Crippen LogP contribution < -0.4 is 9.47 Å². The molecule has 114 valence electrons. The van der Waals surface area contributed by atoms with E-state index in [0.29, 0.717) is 6.04 Å². The summed E-state index contributed by atoms with van der Waals surface area (Å²) in [5.41, 5.74) is 6.03. The van der Waals surface area contributed by atoms with Crippen molar-refractivity contribution in [2.45, 2.75) is 39.2 Å². The van der Waals surface area contributed by atoms with Gasteiger partial charge in [0.1, 0.15) is 0 Å². The first-order chi connectivity index (χ1) is 10.2. The van der Waals surface area contributed by atoms with E-state index in [0.717, 1.165) is 37.4 Å². The fraction of sp³-hybridized carbons (Fsp3) is 0.556. The van der Waals surface area contributed by atoms with E-state index in [1.54, 1.807) is 25.4 Å². The van der Waals surface area contributed by atoms with Crippen LogP contribution in [0, 0.1) is 0 Å². The lowest BCUT2D eigenvalue weighted by Crippen LogP contribution is -2.39. The Kier molecular flexibility index (Phi) is 3.94. The van der Waals surface area contributed by atoms with Crippen LogP contribution in [0.5, 0.6) is 11.5 Å². The topological polar surface area (TPSA) is 21.7 Å². The van der Waals surface area contributed by atoms with E-state index in [1.807, 2.05) is 0 Å². The average Bonchev–Trinajstić information content (AvgIpc) is 2.52. The van der Waals surface area contributed by atoms with Gasteiger partial charge in [0.2, 0.25) is 0 Å². The number of benzene rings is 1. The molecular formula is C18H25NO2. The molecule has 0 radical (unpaired) electrons. The molecule has 0 amide bonds. The summed E-state index contributed by atoms with van der Waals surface area (Å²) in [6.07, 6.45) is 3.42. The molecule has 1 aromatic carbocycles. The van der Waals surface area contributed by atoms with Gasteiger partial charge in [-0.05, 0) is 49.4 Å². The lowest BCUT2D eigenvalue weighted by molar-refractivity contribution is 0.184. The highest BCUT2D eigenvalue weighted by Gasteiger charge is 2.32. The maximum absolute atomic E-state index is 5.50. The van der Waals surface area contributed by atoms with Crippen molar-refractivity contribution in [3.8, 4) is 11.5 Å². The Bertz CT molecular complexity index is 577. The van der Waals surface area contributed by atoms with Gasteiger partial charge in [-0.1, -0.05) is 18.1 Å². The number of fused-ring (bicyclic) bond motifs is 3. The zero-order valence-corrected chi connectivity index (χ0v) is 13.5. The first-order valence-electron chi connectivity index (χ1n) is 7.84. The van der Waals surface area contributed by atoms with Crippen molar-refractivity contribution in [2.24, 2.45) is 0 Å². The Morgan fingerprint density at radius 2 is 1.90 bits per heavy atom. The van der Waals surface area contributed by atoms with Gasteiger partial charge in [-0.15, -0.1) is 0 Å². The summed E-state index contributed by atoms with van der Waals surface area (Å²) >= 11 is 0. The number of rotatable bonds is 3. The van der Waals surface area contributed by atoms with E-state index in [-0.39, 0.29) is 0 Å². The maximum atomic E-state index is 5.50. The zero-order chi connectivity index (χ0) is 15.0. The third kappa shape index (κ3) is 2.44. The number of nitrogens with zero attached hydrogens (tertiary/aromatic N) is 1. The fourth-order valence-corrected chi connectivity index (χ4v) is 3.74. The Labute approximate surface area is 127 Å². The second-order valence-corrected chi connectivity index (χ2v) is 6.08. The molecule has 2 heterocycles. The van der Waals surface area contributed by atoms with Gasteiger partial charge in [0.25, 0.3) is 0 Å². The van der Waals surface area contributed by atoms with Gasteiger partial charge < -0.3 is 9.47 Å². The quantitative estimate of drug-likeness (QED) is 0.791. The standard InChI is InChI=1S/C18H25NO2/c1-5-13-11-19-7-6-14-9-17(20-3)18(21-4)10-15(14)16(19)8-12(13)2/h9-10,16H,5-8,11H2,1-4H3/t16-/m0/s1. The van der Waals surface area contributed by atoms with Crippen LogP contribution in [0.15, 0.2) is 23.3 Å². The highest BCUT2D eigenvalue weighted by Crippen LogP contribution is 2.43. The normalized spacial score (nSPS) is 21.8. The molecule has 21 heavy (non-hydrogen) atoms. The van der Waals surface area contributed by atoms with Crippen molar-refractivity contribution >= 4 is 0 Å². The summed E-state index contributed by atoms with van der Waals surface area (Å²) in [4.78, 5) is 2.63. The number of hydrogen-bond acceptors (Lipinski definition) is 3. The summed E-state index contributed by atoms with van der Waals surface area (Å²) in [6, 6.07) is 4.86. The summed E-state index contributed by atoms with van der Waals surface area (Å²) in [5, 5.41) is 0. The van der Waals surface area contributed by atoms with Crippen LogP contribution in [0.2, 0.25) is 0 Å². The van der Waals surface area contributed by atoms with E-state index >= 15 is 0 Å². The Balaban J connectivity index is 2.01. The van der Waals surface area contributed by atoms with Crippen LogP contribution in [-0.4, -0.2) is 32.2 Å². The van der Waals surface area contributed by atoms with Gasteiger partial charge in [0.05, 0.1) is 14.2 Å². The van der Waals surface area contributed by atoms with E-state index in [9.17, 15) is 0 Å². The molecule has 2 aliphatic heterocycles. The molecule has 1 atom stereocenters. The number of methoxy groups -OCH3 is 2. The van der Waals surface area contributed by atoms with Crippen molar-refractivity contribution in [3.05, 3.63) is 34.4 Å². The van der Waals surface area contributed by atoms with Crippen LogP contribution in [0.4, 0.5) is 0 Å².